The fourth-order valence-corrected chi connectivity index (χ4v) is 4.68. The summed E-state index contributed by atoms with van der Waals surface area (Å²) in [5, 5.41) is 5.91. The van der Waals surface area contributed by atoms with Gasteiger partial charge in [-0.1, -0.05) is 31.6 Å². The molecule has 32 heavy (non-hydrogen) atoms. The van der Waals surface area contributed by atoms with Crippen LogP contribution < -0.4 is 11.1 Å². The van der Waals surface area contributed by atoms with Gasteiger partial charge in [-0.2, -0.15) is 0 Å². The SMILES string of the molecule is C=CN=CN.CC#Cc1cccc(-c2csc(C(CC)NCCCN3CCCC3=O)c2)c1. The molecule has 2 aromatic rings. The zero-order chi connectivity index (χ0) is 23.2. The van der Waals surface area contributed by atoms with E-state index in [2.05, 4.69) is 71.4 Å². The van der Waals surface area contributed by atoms with E-state index in [1.807, 2.05) is 23.2 Å². The van der Waals surface area contributed by atoms with Gasteiger partial charge < -0.3 is 16.0 Å². The average molecular weight is 451 g/mol. The van der Waals surface area contributed by atoms with E-state index in [4.69, 9.17) is 5.73 Å². The minimum atomic E-state index is 0.319. The van der Waals surface area contributed by atoms with Crippen molar-refractivity contribution < 1.29 is 4.79 Å². The van der Waals surface area contributed by atoms with Gasteiger partial charge in [-0.05, 0) is 67.4 Å². The fraction of sp³-hybridized carbons (Fsp3) is 0.385. The number of nitrogens with one attached hydrogen (secondary N) is 1. The number of nitrogens with zero attached hydrogens (tertiary/aromatic N) is 2. The largest absolute Gasteiger partial charge is 0.390 e. The third-order valence-corrected chi connectivity index (χ3v) is 6.24. The molecule has 1 aliphatic heterocycles. The lowest BCUT2D eigenvalue weighted by Gasteiger charge is -2.18. The Morgan fingerprint density at radius 1 is 1.38 bits per heavy atom. The van der Waals surface area contributed by atoms with Crippen LogP contribution in [0.4, 0.5) is 0 Å². The highest BCUT2D eigenvalue weighted by molar-refractivity contribution is 7.10. The van der Waals surface area contributed by atoms with Gasteiger partial charge in [-0.15, -0.1) is 17.3 Å². The average Bonchev–Trinajstić information content (AvgIpc) is 3.45. The van der Waals surface area contributed by atoms with Crippen LogP contribution in [0.2, 0.25) is 0 Å². The summed E-state index contributed by atoms with van der Waals surface area (Å²) in [5.41, 5.74) is 8.32. The Morgan fingerprint density at radius 2 is 2.22 bits per heavy atom. The molecule has 1 aromatic heterocycles. The van der Waals surface area contributed by atoms with Crippen molar-refractivity contribution in [1.29, 1.82) is 0 Å². The van der Waals surface area contributed by atoms with Gasteiger partial charge >= 0.3 is 0 Å². The molecule has 1 saturated heterocycles. The smallest absolute Gasteiger partial charge is 0.222 e. The zero-order valence-corrected chi connectivity index (χ0v) is 20.0. The molecule has 170 valence electrons. The molecule has 3 N–H and O–H groups in total. The van der Waals surface area contributed by atoms with Gasteiger partial charge in [-0.3, -0.25) is 4.79 Å². The van der Waals surface area contributed by atoms with E-state index in [1.54, 1.807) is 0 Å². The van der Waals surface area contributed by atoms with Crippen molar-refractivity contribution in [2.75, 3.05) is 19.6 Å². The molecule has 1 atom stereocenters. The Labute approximate surface area is 196 Å². The van der Waals surface area contributed by atoms with Gasteiger partial charge in [0, 0.05) is 42.2 Å². The molecule has 1 unspecified atom stereocenters. The van der Waals surface area contributed by atoms with Crippen LogP contribution in [-0.2, 0) is 4.79 Å². The summed E-state index contributed by atoms with van der Waals surface area (Å²) in [7, 11) is 0. The van der Waals surface area contributed by atoms with Gasteiger partial charge in [0.25, 0.3) is 0 Å². The molecular weight excluding hydrogens is 416 g/mol. The number of carbonyl (C=O) groups is 1. The summed E-state index contributed by atoms with van der Waals surface area (Å²) >= 11 is 1.82. The Kier molecular flexibility index (Phi) is 11.3. The molecule has 1 aromatic carbocycles. The van der Waals surface area contributed by atoms with Crippen LogP contribution in [0, 0.1) is 11.8 Å². The minimum Gasteiger partial charge on any atom is -0.390 e. The molecule has 0 aliphatic carbocycles. The maximum absolute atomic E-state index is 11.7. The summed E-state index contributed by atoms with van der Waals surface area (Å²) in [6.07, 6.45) is 6.38. The molecular formula is C26H34N4OS. The van der Waals surface area contributed by atoms with Gasteiger partial charge in [0.1, 0.15) is 0 Å². The van der Waals surface area contributed by atoms with E-state index < -0.39 is 0 Å². The first-order chi connectivity index (χ1) is 15.6. The number of thiophene rings is 1. The van der Waals surface area contributed by atoms with Crippen LogP contribution in [0.15, 0.2) is 53.5 Å². The topological polar surface area (TPSA) is 70.7 Å². The van der Waals surface area contributed by atoms with E-state index in [-0.39, 0.29) is 0 Å². The summed E-state index contributed by atoms with van der Waals surface area (Å²) in [6, 6.07) is 11.1. The standard InChI is InChI=1S/C23H28N2OS.C3H6N2/c1-3-8-18-9-5-10-19(15-18)20-16-22(27-17-20)21(4-2)24-12-7-14-25-13-6-11-23(25)26;1-2-5-3-4/h5,9-10,15-17,21,24H,4,6-7,11-14H2,1-2H3;2-3H,1H2,(H2,4,5). The van der Waals surface area contributed by atoms with Crippen LogP contribution in [0.5, 0.6) is 0 Å². The third kappa shape index (κ3) is 7.99. The number of amides is 1. The monoisotopic (exact) mass is 450 g/mol. The number of rotatable bonds is 9. The van der Waals surface area contributed by atoms with Crippen LogP contribution in [0.1, 0.15) is 56.0 Å². The molecule has 5 nitrogen and oxygen atoms in total. The molecule has 1 aliphatic rings. The minimum absolute atomic E-state index is 0.319. The second-order valence-electron chi connectivity index (χ2n) is 7.43. The van der Waals surface area contributed by atoms with Crippen LogP contribution in [0.3, 0.4) is 0 Å². The summed E-state index contributed by atoms with van der Waals surface area (Å²) in [4.78, 5) is 18.4. The molecule has 3 rings (SSSR count). The number of hydrogen-bond donors (Lipinski definition) is 2. The Balaban J connectivity index is 0.000000654. The zero-order valence-electron chi connectivity index (χ0n) is 19.1. The van der Waals surface area contributed by atoms with E-state index in [0.29, 0.717) is 11.9 Å². The quantitative estimate of drug-likeness (QED) is 0.246. The van der Waals surface area contributed by atoms with E-state index >= 15 is 0 Å². The van der Waals surface area contributed by atoms with Crippen molar-refractivity contribution in [2.45, 2.75) is 45.6 Å². The third-order valence-electron chi connectivity index (χ3n) is 5.20. The second-order valence-corrected chi connectivity index (χ2v) is 8.37. The van der Waals surface area contributed by atoms with Crippen molar-refractivity contribution in [3.8, 4) is 23.0 Å². The maximum Gasteiger partial charge on any atom is 0.222 e. The Morgan fingerprint density at radius 3 is 2.84 bits per heavy atom. The number of aliphatic imine (C=N–C) groups is 1. The van der Waals surface area contributed by atoms with E-state index in [9.17, 15) is 4.79 Å². The highest BCUT2D eigenvalue weighted by Crippen LogP contribution is 2.31. The van der Waals surface area contributed by atoms with Gasteiger partial charge in [0.15, 0.2) is 0 Å². The predicted octanol–water partition coefficient (Wildman–Crippen LogP) is 4.96. The van der Waals surface area contributed by atoms with E-state index in [0.717, 1.165) is 50.9 Å². The summed E-state index contributed by atoms with van der Waals surface area (Å²) in [6.45, 7) is 10.1. The first-order valence-corrected chi connectivity index (χ1v) is 12.0. The van der Waals surface area contributed by atoms with Gasteiger partial charge in [0.2, 0.25) is 5.91 Å². The molecule has 1 fully saturated rings. The molecule has 1 amide bonds. The fourth-order valence-electron chi connectivity index (χ4n) is 3.60. The number of nitrogens with two attached hydrogens (primary N) is 1. The van der Waals surface area contributed by atoms with Gasteiger partial charge in [0.05, 0.1) is 6.34 Å². The van der Waals surface area contributed by atoms with Crippen molar-refractivity contribution >= 4 is 23.6 Å². The summed E-state index contributed by atoms with van der Waals surface area (Å²) in [5.74, 6) is 6.42. The highest BCUT2D eigenvalue weighted by Gasteiger charge is 2.19. The molecule has 6 heteroatoms. The lowest BCUT2D eigenvalue weighted by Crippen LogP contribution is -2.29. The van der Waals surface area contributed by atoms with E-state index in [1.165, 1.54) is 28.5 Å². The van der Waals surface area contributed by atoms with Crippen molar-refractivity contribution in [3.05, 3.63) is 58.9 Å². The Bertz CT molecular complexity index is 954. The lowest BCUT2D eigenvalue weighted by atomic mass is 10.0. The van der Waals surface area contributed by atoms with Crippen molar-refractivity contribution in [3.63, 3.8) is 0 Å². The molecule has 2 heterocycles. The normalized spacial score (nSPS) is 13.9. The maximum atomic E-state index is 11.7. The number of hydrogen-bond acceptors (Lipinski definition) is 4. The highest BCUT2D eigenvalue weighted by atomic mass is 32.1. The lowest BCUT2D eigenvalue weighted by molar-refractivity contribution is -0.127. The van der Waals surface area contributed by atoms with Crippen LogP contribution >= 0.6 is 11.3 Å². The van der Waals surface area contributed by atoms with Crippen molar-refractivity contribution in [1.82, 2.24) is 10.2 Å². The molecule has 0 saturated carbocycles. The summed E-state index contributed by atoms with van der Waals surface area (Å²) < 4.78 is 0. The Hall–Kier alpha value is -2.88. The second kappa shape index (κ2) is 14.2. The molecule has 0 radical (unpaired) electrons. The number of carbonyl (C=O) groups excluding carboxylic acids is 1. The van der Waals surface area contributed by atoms with Gasteiger partial charge in [-0.25, -0.2) is 4.99 Å². The van der Waals surface area contributed by atoms with Crippen molar-refractivity contribution in [2.24, 2.45) is 10.7 Å². The molecule has 0 bridgehead atoms. The number of benzene rings is 1. The molecule has 0 spiro atoms. The van der Waals surface area contributed by atoms with Crippen LogP contribution in [0.25, 0.3) is 11.1 Å². The van der Waals surface area contributed by atoms with Crippen LogP contribution in [-0.4, -0.2) is 36.8 Å². The number of likely N-dealkylation sites (tertiary alicyclic amines) is 1. The first-order valence-electron chi connectivity index (χ1n) is 11.1. The predicted molar refractivity (Wildman–Crippen MR) is 137 cm³/mol. The first kappa shape index (κ1) is 25.4.